The number of carbonyl (C=O) groups is 2. The second kappa shape index (κ2) is 25.7. The highest BCUT2D eigenvalue weighted by atomic mass is 19.1. The van der Waals surface area contributed by atoms with E-state index in [1.165, 1.54) is 48.5 Å². The van der Waals surface area contributed by atoms with E-state index in [0.717, 1.165) is 85.5 Å². The van der Waals surface area contributed by atoms with Crippen molar-refractivity contribution in [3.05, 3.63) is 164 Å². The van der Waals surface area contributed by atoms with Crippen molar-refractivity contribution in [2.75, 3.05) is 63.0 Å². The number of hydrogen-bond donors (Lipinski definition) is 4. The molecule has 20 heteroatoms. The van der Waals surface area contributed by atoms with E-state index < -0.39 is 57.3 Å². The molecule has 8 rings (SSSR count). The first kappa shape index (κ1) is 57.3. The first-order valence-corrected chi connectivity index (χ1v) is 25.8. The van der Waals surface area contributed by atoms with Gasteiger partial charge in [0.2, 0.25) is 11.9 Å². The molecule has 0 unspecified atom stereocenters. The molecule has 0 aliphatic heterocycles. The molecule has 0 saturated heterocycles. The van der Waals surface area contributed by atoms with Crippen LogP contribution in [0.4, 0.5) is 29.5 Å². The number of carboxylic acids is 1. The monoisotopic (exact) mass is 1070 g/mol. The Bertz CT molecular complexity index is 3540. The van der Waals surface area contributed by atoms with Gasteiger partial charge >= 0.3 is 5.97 Å². The molecular weight excluding hydrogens is 1010 g/mol. The molecule has 0 bridgehead atoms. The smallest absolute Gasteiger partial charge is 0.335 e. The van der Waals surface area contributed by atoms with Crippen molar-refractivity contribution in [1.29, 1.82) is 0 Å². The third kappa shape index (κ3) is 13.6. The fourth-order valence-corrected chi connectivity index (χ4v) is 8.77. The third-order valence-corrected chi connectivity index (χ3v) is 12.7. The summed E-state index contributed by atoms with van der Waals surface area (Å²) in [5, 5.41) is 19.5. The number of hydrogen-bond acceptors (Lipinski definition) is 12. The number of aromatic nitrogens is 6. The summed E-state index contributed by atoms with van der Waals surface area (Å²) in [7, 11) is 0. The van der Waals surface area contributed by atoms with Crippen LogP contribution in [0.1, 0.15) is 82.0 Å². The predicted molar refractivity (Wildman–Crippen MR) is 297 cm³/mol. The highest BCUT2D eigenvalue weighted by Crippen LogP contribution is 2.32. The lowest BCUT2D eigenvalue weighted by atomic mass is 10.0. The number of amides is 1. The standard InChI is InChI=1S/C31H36F2N6O2.C27H27F2N5O3/c1-6-38(7-2)18-10-17-34-30-35-26(20-11-8-12-21(19-20)29(41)37-31(3,4)5)22-15-16-25(40)39(28(22)36-30)27-23(32)13-9-14-24(27)33;1-3-33(4-2)15-7-14-30-27-31-23(17-8-5-9-18(16-17)26(36)37)19-12-13-22(35)34(25(19)32-27)24-20(28)10-6-11-21(24)29/h8-9,11-16,19H,6-7,10,17-18H2,1-5H3,(H,37,41)(H,34,35,36);5-6,8-13,16H,3-4,7,14-15H2,1-2H3,(H,36,37)(H,30,31,32). The second-order valence-electron chi connectivity index (χ2n) is 19.2. The molecule has 0 aliphatic rings. The van der Waals surface area contributed by atoms with Crippen LogP contribution in [0.5, 0.6) is 0 Å². The van der Waals surface area contributed by atoms with Crippen LogP contribution < -0.4 is 27.1 Å². The lowest BCUT2D eigenvalue weighted by molar-refractivity contribution is 0.0696. The molecule has 0 atom stereocenters. The summed E-state index contributed by atoms with van der Waals surface area (Å²) < 4.78 is 61.2. The first-order chi connectivity index (χ1) is 37.4. The van der Waals surface area contributed by atoms with Crippen molar-refractivity contribution >= 4 is 45.8 Å². The number of halogens is 4. The van der Waals surface area contributed by atoms with E-state index in [1.54, 1.807) is 36.4 Å². The molecule has 4 N–H and O–H groups in total. The van der Waals surface area contributed by atoms with Crippen LogP contribution in [-0.4, -0.2) is 114 Å². The largest absolute Gasteiger partial charge is 0.478 e. The average Bonchev–Trinajstić information content (AvgIpc) is 3.42. The summed E-state index contributed by atoms with van der Waals surface area (Å²) in [6, 6.07) is 25.3. The molecule has 1 amide bonds. The van der Waals surface area contributed by atoms with Crippen molar-refractivity contribution in [1.82, 2.24) is 44.2 Å². The van der Waals surface area contributed by atoms with Gasteiger partial charge in [-0.15, -0.1) is 0 Å². The molecule has 4 aromatic carbocycles. The van der Waals surface area contributed by atoms with Crippen LogP contribution in [0.3, 0.4) is 0 Å². The summed E-state index contributed by atoms with van der Waals surface area (Å²) >= 11 is 0. The zero-order valence-electron chi connectivity index (χ0n) is 44.6. The number of carbonyl (C=O) groups excluding carboxylic acids is 1. The van der Waals surface area contributed by atoms with Gasteiger partial charge in [0.15, 0.2) is 11.3 Å². The summed E-state index contributed by atoms with van der Waals surface area (Å²) in [4.78, 5) is 73.4. The predicted octanol–water partition coefficient (Wildman–Crippen LogP) is 9.97. The molecule has 4 heterocycles. The Hall–Kier alpha value is -8.36. The fourth-order valence-electron chi connectivity index (χ4n) is 8.77. The van der Waals surface area contributed by atoms with E-state index in [1.807, 2.05) is 20.8 Å². The molecule has 0 fully saturated rings. The van der Waals surface area contributed by atoms with Gasteiger partial charge in [-0.3, -0.25) is 23.5 Å². The molecular formula is C58H63F4N11O5. The van der Waals surface area contributed by atoms with Gasteiger partial charge in [0.1, 0.15) is 34.6 Å². The maximum Gasteiger partial charge on any atom is 0.335 e. The molecule has 0 aliphatic carbocycles. The zero-order chi connectivity index (χ0) is 56.3. The number of fused-ring (bicyclic) bond motifs is 2. The van der Waals surface area contributed by atoms with Gasteiger partial charge < -0.3 is 30.9 Å². The van der Waals surface area contributed by atoms with Crippen LogP contribution in [0.2, 0.25) is 0 Å². The Morgan fingerprint density at radius 2 is 0.936 bits per heavy atom. The van der Waals surface area contributed by atoms with Crippen LogP contribution >= 0.6 is 0 Å². The molecule has 4 aromatic heterocycles. The number of nitrogens with one attached hydrogen (secondary N) is 3. The van der Waals surface area contributed by atoms with Gasteiger partial charge in [0.25, 0.3) is 17.0 Å². The molecule has 8 aromatic rings. The Morgan fingerprint density at radius 3 is 1.32 bits per heavy atom. The summed E-state index contributed by atoms with van der Waals surface area (Å²) in [5.74, 6) is -4.64. The molecule has 0 spiro atoms. The highest BCUT2D eigenvalue weighted by Gasteiger charge is 2.23. The quantitative estimate of drug-likeness (QED) is 0.0417. The van der Waals surface area contributed by atoms with Gasteiger partial charge in [-0.2, -0.15) is 9.97 Å². The zero-order valence-corrected chi connectivity index (χ0v) is 44.6. The van der Waals surface area contributed by atoms with Crippen LogP contribution in [0.15, 0.2) is 119 Å². The number of benzene rings is 4. The van der Waals surface area contributed by atoms with Crippen LogP contribution in [-0.2, 0) is 0 Å². The van der Waals surface area contributed by atoms with Crippen LogP contribution in [0.25, 0.3) is 56.0 Å². The number of nitrogens with zero attached hydrogens (tertiary/aromatic N) is 8. The van der Waals surface area contributed by atoms with Gasteiger partial charge in [-0.05, 0) is 134 Å². The summed E-state index contributed by atoms with van der Waals surface area (Å²) in [6.07, 6.45) is 1.60. The highest BCUT2D eigenvalue weighted by molar-refractivity contribution is 5.98. The third-order valence-electron chi connectivity index (χ3n) is 12.7. The number of aromatic carboxylic acids is 1. The Morgan fingerprint density at radius 1 is 0.551 bits per heavy atom. The van der Waals surface area contributed by atoms with Crippen molar-refractivity contribution in [3.8, 4) is 33.9 Å². The number of anilines is 2. The fraction of sp³-hybridized carbons (Fsp3) is 0.310. The minimum absolute atomic E-state index is 0.00605. The SMILES string of the molecule is CCN(CC)CCCNc1nc(-c2cccc(C(=O)NC(C)(C)C)c2)c2ccc(=O)n(-c3c(F)cccc3F)c2n1.CCN(CC)CCCNc1nc(-c2cccc(C(=O)O)c2)c2ccc(=O)n(-c3c(F)cccc3F)c2n1. The number of rotatable bonds is 20. The first-order valence-electron chi connectivity index (χ1n) is 25.8. The molecule has 0 saturated carbocycles. The van der Waals surface area contributed by atoms with E-state index in [0.29, 0.717) is 51.9 Å². The molecule has 78 heavy (non-hydrogen) atoms. The molecule has 408 valence electrons. The van der Waals surface area contributed by atoms with Crippen molar-refractivity contribution in [3.63, 3.8) is 0 Å². The van der Waals surface area contributed by atoms with E-state index in [-0.39, 0.29) is 34.7 Å². The minimum Gasteiger partial charge on any atom is -0.478 e. The Kier molecular flexibility index (Phi) is 18.9. The summed E-state index contributed by atoms with van der Waals surface area (Å²) in [5.41, 5.74) is -0.521. The average molecular weight is 1070 g/mol. The Balaban J connectivity index is 0.000000227. The van der Waals surface area contributed by atoms with Crippen molar-refractivity contribution in [2.45, 2.75) is 66.8 Å². The topological polar surface area (TPSA) is 192 Å². The lowest BCUT2D eigenvalue weighted by Gasteiger charge is -2.21. The van der Waals surface area contributed by atoms with Crippen molar-refractivity contribution < 1.29 is 32.3 Å². The maximum atomic E-state index is 14.9. The van der Waals surface area contributed by atoms with E-state index >= 15 is 0 Å². The maximum absolute atomic E-state index is 14.9. The van der Waals surface area contributed by atoms with E-state index in [4.69, 9.17) is 4.98 Å². The summed E-state index contributed by atoms with van der Waals surface area (Å²) in [6.45, 7) is 20.6. The van der Waals surface area contributed by atoms with Gasteiger partial charge in [0.05, 0.1) is 17.0 Å². The number of carboxylic acid groups (broad SMARTS) is 1. The minimum atomic E-state index is -1.11. The lowest BCUT2D eigenvalue weighted by Crippen LogP contribution is -2.40. The second-order valence-corrected chi connectivity index (χ2v) is 19.2. The van der Waals surface area contributed by atoms with Gasteiger partial charge in [0, 0.05) is 58.2 Å². The van der Waals surface area contributed by atoms with Gasteiger partial charge in [-0.1, -0.05) is 64.1 Å². The number of pyridine rings is 2. The van der Waals surface area contributed by atoms with E-state index in [9.17, 15) is 41.8 Å². The normalized spacial score (nSPS) is 11.5. The van der Waals surface area contributed by atoms with Crippen LogP contribution in [0, 0.1) is 23.3 Å². The van der Waals surface area contributed by atoms with E-state index in [2.05, 4.69) is 68.4 Å². The van der Waals surface area contributed by atoms with Gasteiger partial charge in [-0.25, -0.2) is 32.3 Å². The number of para-hydroxylation sites is 2. The molecule has 0 radical (unpaired) electrons. The van der Waals surface area contributed by atoms with Crippen molar-refractivity contribution in [2.24, 2.45) is 0 Å². The Labute approximate surface area is 448 Å². The molecule has 16 nitrogen and oxygen atoms in total.